The van der Waals surface area contributed by atoms with E-state index in [2.05, 4.69) is 17.3 Å². The summed E-state index contributed by atoms with van der Waals surface area (Å²) in [7, 11) is 3.76. The Hall–Kier alpha value is -1.55. The van der Waals surface area contributed by atoms with E-state index in [9.17, 15) is 4.79 Å². The zero-order chi connectivity index (χ0) is 14.5. The molecule has 110 valence electrons. The van der Waals surface area contributed by atoms with Crippen LogP contribution in [0.5, 0.6) is 5.75 Å². The first kappa shape index (κ1) is 14.9. The van der Waals surface area contributed by atoms with Gasteiger partial charge in [0.25, 0.3) is 0 Å². The lowest BCUT2D eigenvalue weighted by molar-refractivity contribution is -0.127. The van der Waals surface area contributed by atoms with Crippen molar-refractivity contribution in [2.24, 2.45) is 5.92 Å². The first-order valence-corrected chi connectivity index (χ1v) is 7.23. The topological polar surface area (TPSA) is 41.6 Å². The second-order valence-corrected chi connectivity index (χ2v) is 5.58. The van der Waals surface area contributed by atoms with Crippen LogP contribution in [0.1, 0.15) is 31.4 Å². The Morgan fingerprint density at radius 2 is 1.90 bits per heavy atom. The molecule has 0 bridgehead atoms. The number of benzene rings is 1. The fraction of sp³-hybridized carbons (Fsp3) is 0.562. The van der Waals surface area contributed by atoms with Crippen molar-refractivity contribution in [3.05, 3.63) is 29.8 Å². The van der Waals surface area contributed by atoms with Crippen LogP contribution in [0.15, 0.2) is 24.3 Å². The molecule has 2 rings (SSSR count). The third-order valence-corrected chi connectivity index (χ3v) is 4.06. The van der Waals surface area contributed by atoms with E-state index in [4.69, 9.17) is 4.74 Å². The van der Waals surface area contributed by atoms with Crippen LogP contribution in [0.2, 0.25) is 0 Å². The Bertz CT molecular complexity index is 436. The molecule has 4 heteroatoms. The van der Waals surface area contributed by atoms with Crippen LogP contribution in [0.25, 0.3) is 0 Å². The quantitative estimate of drug-likeness (QED) is 0.917. The first-order valence-electron chi connectivity index (χ1n) is 7.23. The van der Waals surface area contributed by atoms with Gasteiger partial charge in [0.05, 0.1) is 13.2 Å². The molecule has 1 fully saturated rings. The number of likely N-dealkylation sites (tertiary alicyclic amines) is 1. The third kappa shape index (κ3) is 3.73. The summed E-state index contributed by atoms with van der Waals surface area (Å²) in [6, 6.07) is 7.88. The van der Waals surface area contributed by atoms with Crippen molar-refractivity contribution in [3.8, 4) is 5.75 Å². The average molecular weight is 276 g/mol. The summed E-state index contributed by atoms with van der Waals surface area (Å²) in [6.07, 6.45) is 1.91. The standard InChI is InChI=1S/C16H24N2O2/c1-12(13-4-6-15(20-3)7-5-13)17-16(19)14-8-10-18(2)11-9-14/h4-7,12,14H,8-11H2,1-3H3,(H,17,19)/t12-/m0/s1. The number of ether oxygens (including phenoxy) is 1. The number of carbonyl (C=O) groups is 1. The lowest BCUT2D eigenvalue weighted by atomic mass is 9.95. The number of hydrogen-bond acceptors (Lipinski definition) is 3. The van der Waals surface area contributed by atoms with E-state index in [0.29, 0.717) is 0 Å². The van der Waals surface area contributed by atoms with Crippen molar-refractivity contribution < 1.29 is 9.53 Å². The van der Waals surface area contributed by atoms with Gasteiger partial charge < -0.3 is 15.0 Å². The number of piperidine rings is 1. The molecule has 1 aromatic rings. The summed E-state index contributed by atoms with van der Waals surface area (Å²) in [5.74, 6) is 1.18. The molecule has 1 N–H and O–H groups in total. The summed E-state index contributed by atoms with van der Waals surface area (Å²) >= 11 is 0. The molecule has 1 amide bonds. The summed E-state index contributed by atoms with van der Waals surface area (Å²) < 4.78 is 5.14. The molecule has 4 nitrogen and oxygen atoms in total. The normalized spacial score (nSPS) is 18.6. The Balaban J connectivity index is 1.89. The Kier molecular flexibility index (Phi) is 5.01. The molecule has 1 aromatic carbocycles. The average Bonchev–Trinajstić information content (AvgIpc) is 2.48. The molecule has 0 unspecified atom stereocenters. The van der Waals surface area contributed by atoms with E-state index in [1.807, 2.05) is 31.2 Å². The molecule has 20 heavy (non-hydrogen) atoms. The fourth-order valence-corrected chi connectivity index (χ4v) is 2.58. The van der Waals surface area contributed by atoms with Gasteiger partial charge in [0.15, 0.2) is 0 Å². The molecule has 0 saturated carbocycles. The molecule has 1 aliphatic heterocycles. The minimum absolute atomic E-state index is 0.0352. The molecular formula is C16H24N2O2. The molecule has 0 spiro atoms. The van der Waals surface area contributed by atoms with E-state index in [0.717, 1.165) is 37.2 Å². The van der Waals surface area contributed by atoms with Gasteiger partial charge in [-0.3, -0.25) is 4.79 Å². The van der Waals surface area contributed by atoms with Gasteiger partial charge in [-0.25, -0.2) is 0 Å². The monoisotopic (exact) mass is 276 g/mol. The van der Waals surface area contributed by atoms with Crippen molar-refractivity contribution >= 4 is 5.91 Å². The lowest BCUT2D eigenvalue weighted by Gasteiger charge is -2.29. The fourth-order valence-electron chi connectivity index (χ4n) is 2.58. The van der Waals surface area contributed by atoms with Crippen LogP contribution in [0.4, 0.5) is 0 Å². The van der Waals surface area contributed by atoms with Gasteiger partial charge in [-0.05, 0) is 57.6 Å². The van der Waals surface area contributed by atoms with Crippen molar-refractivity contribution in [1.29, 1.82) is 0 Å². The largest absolute Gasteiger partial charge is 0.497 e. The van der Waals surface area contributed by atoms with Gasteiger partial charge in [-0.1, -0.05) is 12.1 Å². The number of methoxy groups -OCH3 is 1. The number of nitrogens with one attached hydrogen (secondary N) is 1. The lowest BCUT2D eigenvalue weighted by Crippen LogP contribution is -2.39. The minimum atomic E-state index is 0.0352. The maximum Gasteiger partial charge on any atom is 0.223 e. The predicted molar refractivity (Wildman–Crippen MR) is 79.8 cm³/mol. The molecule has 1 atom stereocenters. The predicted octanol–water partition coefficient (Wildman–Crippen LogP) is 2.21. The molecule has 0 radical (unpaired) electrons. The second-order valence-electron chi connectivity index (χ2n) is 5.58. The van der Waals surface area contributed by atoms with E-state index >= 15 is 0 Å². The summed E-state index contributed by atoms with van der Waals surface area (Å²) in [5, 5.41) is 3.12. The third-order valence-electron chi connectivity index (χ3n) is 4.06. The number of carbonyl (C=O) groups excluding carboxylic acids is 1. The number of amides is 1. The zero-order valence-corrected chi connectivity index (χ0v) is 12.6. The molecule has 0 aliphatic carbocycles. The van der Waals surface area contributed by atoms with E-state index < -0.39 is 0 Å². The van der Waals surface area contributed by atoms with Crippen molar-refractivity contribution in [2.45, 2.75) is 25.8 Å². The van der Waals surface area contributed by atoms with Gasteiger partial charge in [-0.2, -0.15) is 0 Å². The number of nitrogens with zero attached hydrogens (tertiary/aromatic N) is 1. The highest BCUT2D eigenvalue weighted by molar-refractivity contribution is 5.79. The van der Waals surface area contributed by atoms with Gasteiger partial charge in [0.1, 0.15) is 5.75 Å². The highest BCUT2D eigenvalue weighted by atomic mass is 16.5. The van der Waals surface area contributed by atoms with Gasteiger partial charge in [0, 0.05) is 5.92 Å². The van der Waals surface area contributed by atoms with Crippen LogP contribution >= 0.6 is 0 Å². The van der Waals surface area contributed by atoms with Crippen LogP contribution < -0.4 is 10.1 Å². The molecular weight excluding hydrogens is 252 g/mol. The summed E-state index contributed by atoms with van der Waals surface area (Å²) in [4.78, 5) is 14.5. The second kappa shape index (κ2) is 6.75. The number of hydrogen-bond donors (Lipinski definition) is 1. The van der Waals surface area contributed by atoms with Gasteiger partial charge >= 0.3 is 0 Å². The van der Waals surface area contributed by atoms with E-state index in [-0.39, 0.29) is 17.9 Å². The number of rotatable bonds is 4. The smallest absolute Gasteiger partial charge is 0.223 e. The van der Waals surface area contributed by atoms with E-state index in [1.54, 1.807) is 7.11 Å². The van der Waals surface area contributed by atoms with Gasteiger partial charge in [0.2, 0.25) is 5.91 Å². The Morgan fingerprint density at radius 3 is 2.45 bits per heavy atom. The summed E-state index contributed by atoms with van der Waals surface area (Å²) in [5.41, 5.74) is 1.10. The molecule has 0 aromatic heterocycles. The minimum Gasteiger partial charge on any atom is -0.497 e. The maximum absolute atomic E-state index is 12.3. The first-order chi connectivity index (χ1) is 9.60. The molecule has 1 saturated heterocycles. The SMILES string of the molecule is COc1ccc([C@H](C)NC(=O)C2CCN(C)CC2)cc1. The zero-order valence-electron chi connectivity index (χ0n) is 12.6. The summed E-state index contributed by atoms with van der Waals surface area (Å²) in [6.45, 7) is 4.04. The van der Waals surface area contributed by atoms with Crippen molar-refractivity contribution in [1.82, 2.24) is 10.2 Å². The highest BCUT2D eigenvalue weighted by Crippen LogP contribution is 2.20. The van der Waals surface area contributed by atoms with Crippen LogP contribution in [0, 0.1) is 5.92 Å². The Labute approximate surface area is 121 Å². The van der Waals surface area contributed by atoms with E-state index in [1.165, 1.54) is 0 Å². The molecule has 1 aliphatic rings. The van der Waals surface area contributed by atoms with Crippen LogP contribution in [0.3, 0.4) is 0 Å². The van der Waals surface area contributed by atoms with Crippen LogP contribution in [-0.4, -0.2) is 38.1 Å². The molecule has 1 heterocycles. The van der Waals surface area contributed by atoms with Crippen molar-refractivity contribution in [2.75, 3.05) is 27.2 Å². The highest BCUT2D eigenvalue weighted by Gasteiger charge is 2.24. The van der Waals surface area contributed by atoms with Gasteiger partial charge in [-0.15, -0.1) is 0 Å². The van der Waals surface area contributed by atoms with Crippen molar-refractivity contribution in [3.63, 3.8) is 0 Å². The van der Waals surface area contributed by atoms with Crippen LogP contribution in [-0.2, 0) is 4.79 Å². The Morgan fingerprint density at radius 1 is 1.30 bits per heavy atom. The maximum atomic E-state index is 12.3.